The van der Waals surface area contributed by atoms with Crippen molar-refractivity contribution in [3.63, 3.8) is 0 Å². The molecule has 2 heterocycles. The van der Waals surface area contributed by atoms with Crippen LogP contribution in [0.2, 0.25) is 0 Å². The Morgan fingerprint density at radius 2 is 1.44 bits per heavy atom. The smallest absolute Gasteiger partial charge is 0.261 e. The van der Waals surface area contributed by atoms with Crippen LogP contribution in [-0.2, 0) is 6.54 Å². The summed E-state index contributed by atoms with van der Waals surface area (Å²) in [5.41, 5.74) is 3.70. The lowest BCUT2D eigenvalue weighted by Gasteiger charge is -2.20. The number of benzene rings is 2. The first-order valence-corrected chi connectivity index (χ1v) is 9.57. The minimum absolute atomic E-state index is 0.155. The molecular weight excluding hydrogens is 338 g/mol. The third-order valence-corrected chi connectivity index (χ3v) is 5.39. The van der Waals surface area contributed by atoms with Crippen molar-refractivity contribution < 1.29 is 9.59 Å². The van der Waals surface area contributed by atoms with Gasteiger partial charge in [-0.1, -0.05) is 42.0 Å². The molecule has 0 radical (unpaired) electrons. The van der Waals surface area contributed by atoms with Crippen molar-refractivity contribution in [1.29, 1.82) is 0 Å². The molecule has 2 aliphatic rings. The Hall–Kier alpha value is -2.50. The van der Waals surface area contributed by atoms with Crippen molar-refractivity contribution in [2.24, 2.45) is 0 Å². The highest BCUT2D eigenvalue weighted by Gasteiger charge is 2.34. The maximum atomic E-state index is 12.4. The summed E-state index contributed by atoms with van der Waals surface area (Å²) in [5.74, 6) is -0.309. The van der Waals surface area contributed by atoms with Gasteiger partial charge in [0.15, 0.2) is 0 Å². The molecule has 0 bridgehead atoms. The maximum absolute atomic E-state index is 12.4. The number of carbonyl (C=O) groups excluding carboxylic acids is 2. The van der Waals surface area contributed by atoms with E-state index in [1.807, 2.05) is 0 Å². The van der Waals surface area contributed by atoms with Crippen LogP contribution in [0.25, 0.3) is 0 Å². The molecule has 140 valence electrons. The Morgan fingerprint density at radius 3 is 2.11 bits per heavy atom. The molecule has 1 fully saturated rings. The second-order valence-electron chi connectivity index (χ2n) is 7.46. The summed E-state index contributed by atoms with van der Waals surface area (Å²) in [7, 11) is 0. The van der Waals surface area contributed by atoms with Gasteiger partial charge < -0.3 is 0 Å². The average molecular weight is 363 g/mol. The standard InChI is InChI=1S/C22H25N3O2/c1-17-7-9-18(10-8-17)15-24-14-13-23(16-24)11-4-12-25-21(26)19-5-2-3-6-20(19)22(25)27/h2-3,5-10H,4,11-16H2,1H3. The van der Waals surface area contributed by atoms with Gasteiger partial charge in [0, 0.05) is 32.7 Å². The molecule has 2 amide bonds. The molecule has 5 nitrogen and oxygen atoms in total. The average Bonchev–Trinajstić information content (AvgIpc) is 3.22. The molecule has 2 aliphatic heterocycles. The zero-order valence-corrected chi connectivity index (χ0v) is 15.7. The van der Waals surface area contributed by atoms with Crippen molar-refractivity contribution >= 4 is 11.8 Å². The molecule has 1 saturated heterocycles. The van der Waals surface area contributed by atoms with Gasteiger partial charge in [0.2, 0.25) is 0 Å². The highest BCUT2D eigenvalue weighted by atomic mass is 16.2. The molecule has 0 unspecified atom stereocenters. The van der Waals surface area contributed by atoms with Gasteiger partial charge in [-0.2, -0.15) is 0 Å². The predicted molar refractivity (Wildman–Crippen MR) is 104 cm³/mol. The monoisotopic (exact) mass is 363 g/mol. The van der Waals surface area contributed by atoms with E-state index in [1.54, 1.807) is 24.3 Å². The van der Waals surface area contributed by atoms with Crippen LogP contribution >= 0.6 is 0 Å². The molecule has 27 heavy (non-hydrogen) atoms. The first-order chi connectivity index (χ1) is 13.1. The molecule has 0 atom stereocenters. The minimum Gasteiger partial charge on any atom is -0.289 e. The number of carbonyl (C=O) groups is 2. The first kappa shape index (κ1) is 17.9. The summed E-state index contributed by atoms with van der Waals surface area (Å²) in [6, 6.07) is 15.8. The second kappa shape index (κ2) is 7.62. The summed E-state index contributed by atoms with van der Waals surface area (Å²) < 4.78 is 0. The SMILES string of the molecule is Cc1ccc(CN2CCN(CCCN3C(=O)c4ccccc4C3=O)C2)cc1. The van der Waals surface area contributed by atoms with Crippen molar-refractivity contribution in [2.75, 3.05) is 32.8 Å². The van der Waals surface area contributed by atoms with Crippen LogP contribution in [0.5, 0.6) is 0 Å². The largest absolute Gasteiger partial charge is 0.289 e. The van der Waals surface area contributed by atoms with Crippen LogP contribution < -0.4 is 0 Å². The summed E-state index contributed by atoms with van der Waals surface area (Å²) in [6.45, 7) is 7.49. The molecule has 0 N–H and O–H groups in total. The summed E-state index contributed by atoms with van der Waals surface area (Å²) in [4.78, 5) is 31.0. The van der Waals surface area contributed by atoms with Crippen LogP contribution in [0.3, 0.4) is 0 Å². The van der Waals surface area contributed by atoms with Gasteiger partial charge >= 0.3 is 0 Å². The number of rotatable bonds is 6. The van der Waals surface area contributed by atoms with Crippen molar-refractivity contribution in [3.8, 4) is 0 Å². The number of amides is 2. The zero-order chi connectivity index (χ0) is 18.8. The number of fused-ring (bicyclic) bond motifs is 1. The molecule has 4 rings (SSSR count). The highest BCUT2D eigenvalue weighted by Crippen LogP contribution is 2.22. The first-order valence-electron chi connectivity index (χ1n) is 9.57. The summed E-state index contributed by atoms with van der Waals surface area (Å²) in [6.07, 6.45) is 0.809. The molecule has 0 aromatic heterocycles. The van der Waals surface area contributed by atoms with Crippen molar-refractivity contribution in [3.05, 3.63) is 70.8 Å². The van der Waals surface area contributed by atoms with Gasteiger partial charge in [0.25, 0.3) is 11.8 Å². The number of nitrogens with zero attached hydrogens (tertiary/aromatic N) is 3. The van der Waals surface area contributed by atoms with E-state index in [4.69, 9.17) is 0 Å². The summed E-state index contributed by atoms with van der Waals surface area (Å²) in [5, 5.41) is 0. The van der Waals surface area contributed by atoms with E-state index in [0.717, 1.165) is 39.3 Å². The Balaban J connectivity index is 1.24. The van der Waals surface area contributed by atoms with Gasteiger partial charge in [0.1, 0.15) is 0 Å². The van der Waals surface area contributed by atoms with E-state index in [1.165, 1.54) is 16.0 Å². The van der Waals surface area contributed by atoms with Crippen LogP contribution in [0, 0.1) is 6.92 Å². The Bertz CT molecular complexity index is 812. The zero-order valence-electron chi connectivity index (χ0n) is 15.7. The predicted octanol–water partition coefficient (Wildman–Crippen LogP) is 2.76. The lowest BCUT2D eigenvalue weighted by atomic mass is 10.1. The Morgan fingerprint density at radius 1 is 0.815 bits per heavy atom. The van der Waals surface area contributed by atoms with Crippen LogP contribution in [0.1, 0.15) is 38.3 Å². The third kappa shape index (κ3) is 3.80. The molecular formula is C22H25N3O2. The number of imide groups is 1. The van der Waals surface area contributed by atoms with Gasteiger partial charge in [-0.15, -0.1) is 0 Å². The quantitative estimate of drug-likeness (QED) is 0.741. The molecule has 2 aromatic rings. The van der Waals surface area contributed by atoms with E-state index < -0.39 is 0 Å². The summed E-state index contributed by atoms with van der Waals surface area (Å²) >= 11 is 0. The van der Waals surface area contributed by atoms with Gasteiger partial charge in [-0.05, 0) is 31.0 Å². The van der Waals surface area contributed by atoms with E-state index in [2.05, 4.69) is 41.0 Å². The van der Waals surface area contributed by atoms with Crippen molar-refractivity contribution in [2.45, 2.75) is 19.9 Å². The minimum atomic E-state index is -0.155. The number of hydrogen-bond acceptors (Lipinski definition) is 4. The van der Waals surface area contributed by atoms with E-state index >= 15 is 0 Å². The second-order valence-corrected chi connectivity index (χ2v) is 7.46. The normalized spacial score (nSPS) is 17.7. The fourth-order valence-corrected chi connectivity index (χ4v) is 3.87. The van der Waals surface area contributed by atoms with Gasteiger partial charge in [-0.25, -0.2) is 0 Å². The molecule has 0 aliphatic carbocycles. The van der Waals surface area contributed by atoms with E-state index in [9.17, 15) is 9.59 Å². The van der Waals surface area contributed by atoms with Crippen LogP contribution in [-0.4, -0.2) is 59.4 Å². The fraction of sp³-hybridized carbons (Fsp3) is 0.364. The van der Waals surface area contributed by atoms with E-state index in [-0.39, 0.29) is 11.8 Å². The van der Waals surface area contributed by atoms with E-state index in [0.29, 0.717) is 17.7 Å². The third-order valence-electron chi connectivity index (χ3n) is 5.39. The highest BCUT2D eigenvalue weighted by molar-refractivity contribution is 6.21. The van der Waals surface area contributed by atoms with Gasteiger partial charge in [0.05, 0.1) is 17.8 Å². The molecule has 5 heteroatoms. The Labute approximate surface area is 160 Å². The lowest BCUT2D eigenvalue weighted by molar-refractivity contribution is 0.0647. The number of hydrogen-bond donors (Lipinski definition) is 0. The lowest BCUT2D eigenvalue weighted by Crippen LogP contribution is -2.33. The van der Waals surface area contributed by atoms with Crippen molar-refractivity contribution in [1.82, 2.24) is 14.7 Å². The Kier molecular flexibility index (Phi) is 5.05. The topological polar surface area (TPSA) is 43.9 Å². The molecule has 2 aromatic carbocycles. The van der Waals surface area contributed by atoms with Crippen LogP contribution in [0.15, 0.2) is 48.5 Å². The molecule has 0 saturated carbocycles. The maximum Gasteiger partial charge on any atom is 0.261 e. The molecule has 0 spiro atoms. The number of aryl methyl sites for hydroxylation is 1. The van der Waals surface area contributed by atoms with Gasteiger partial charge in [-0.3, -0.25) is 24.3 Å². The fourth-order valence-electron chi connectivity index (χ4n) is 3.87. The van der Waals surface area contributed by atoms with Crippen LogP contribution in [0.4, 0.5) is 0 Å².